The summed E-state index contributed by atoms with van der Waals surface area (Å²) in [6, 6.07) is 20.7. The Kier molecular flexibility index (Phi) is 6.82. The molecule has 122 valence electrons. The highest BCUT2D eigenvalue weighted by atomic mass is 16.5. The molecule has 0 aliphatic heterocycles. The van der Waals surface area contributed by atoms with Crippen molar-refractivity contribution in [1.29, 1.82) is 0 Å². The van der Waals surface area contributed by atoms with Gasteiger partial charge in [-0.3, -0.25) is 9.69 Å². The fraction of sp³-hybridized carbons (Fsp3) is 0.350. The molecule has 2 aromatic carbocycles. The van der Waals surface area contributed by atoms with E-state index in [4.69, 9.17) is 4.74 Å². The number of nitrogens with zero attached hydrogens (tertiary/aromatic N) is 1. The molecule has 0 bridgehead atoms. The average Bonchev–Trinajstić information content (AvgIpc) is 2.57. The first-order valence-electron chi connectivity index (χ1n) is 8.16. The molecule has 23 heavy (non-hydrogen) atoms. The van der Waals surface area contributed by atoms with Gasteiger partial charge in [-0.05, 0) is 18.1 Å². The van der Waals surface area contributed by atoms with Crippen molar-refractivity contribution >= 4 is 5.97 Å². The monoisotopic (exact) mass is 311 g/mol. The molecule has 0 saturated carbocycles. The van der Waals surface area contributed by atoms with Crippen LogP contribution in [0.15, 0.2) is 60.7 Å². The van der Waals surface area contributed by atoms with Gasteiger partial charge in [0.05, 0.1) is 12.5 Å². The van der Waals surface area contributed by atoms with Crippen molar-refractivity contribution in [1.82, 2.24) is 4.90 Å². The van der Waals surface area contributed by atoms with Crippen molar-refractivity contribution < 1.29 is 9.53 Å². The van der Waals surface area contributed by atoms with Gasteiger partial charge in [0.2, 0.25) is 0 Å². The zero-order valence-corrected chi connectivity index (χ0v) is 13.9. The van der Waals surface area contributed by atoms with Gasteiger partial charge in [0.25, 0.3) is 0 Å². The van der Waals surface area contributed by atoms with Gasteiger partial charge < -0.3 is 4.74 Å². The van der Waals surface area contributed by atoms with Crippen LogP contribution in [0.5, 0.6) is 0 Å². The summed E-state index contributed by atoms with van der Waals surface area (Å²) >= 11 is 0. The van der Waals surface area contributed by atoms with E-state index in [0.29, 0.717) is 13.2 Å². The van der Waals surface area contributed by atoms with Crippen molar-refractivity contribution in [2.75, 3.05) is 13.2 Å². The fourth-order valence-electron chi connectivity index (χ4n) is 2.61. The smallest absolute Gasteiger partial charge is 0.309 e. The first kappa shape index (κ1) is 17.2. The van der Waals surface area contributed by atoms with E-state index in [1.165, 1.54) is 11.1 Å². The second-order valence-corrected chi connectivity index (χ2v) is 5.79. The van der Waals surface area contributed by atoms with Crippen LogP contribution in [-0.2, 0) is 22.6 Å². The van der Waals surface area contributed by atoms with Crippen molar-refractivity contribution in [2.24, 2.45) is 5.92 Å². The third kappa shape index (κ3) is 5.87. The number of carbonyl (C=O) groups is 1. The predicted molar refractivity (Wildman–Crippen MR) is 92.8 cm³/mol. The standard InChI is InChI=1S/C20H25NO2/c1-3-23-20(22)17(2)14-21(15-18-10-6-4-7-11-18)16-19-12-8-5-9-13-19/h4-13,17H,3,14-16H2,1-2H3. The molecule has 0 aliphatic carbocycles. The maximum Gasteiger partial charge on any atom is 0.309 e. The van der Waals surface area contributed by atoms with Crippen LogP contribution in [-0.4, -0.2) is 24.0 Å². The molecule has 0 amide bonds. The number of rotatable bonds is 8. The Morgan fingerprint density at radius 3 is 1.87 bits per heavy atom. The molecule has 0 aromatic heterocycles. The molecule has 0 radical (unpaired) electrons. The second kappa shape index (κ2) is 9.11. The number of esters is 1. The highest BCUT2D eigenvalue weighted by molar-refractivity contribution is 5.72. The lowest BCUT2D eigenvalue weighted by atomic mass is 10.1. The Bertz CT molecular complexity index is 542. The van der Waals surface area contributed by atoms with Gasteiger partial charge in [0.15, 0.2) is 0 Å². The Morgan fingerprint density at radius 1 is 0.957 bits per heavy atom. The minimum Gasteiger partial charge on any atom is -0.466 e. The van der Waals surface area contributed by atoms with Gasteiger partial charge in [0.1, 0.15) is 0 Å². The van der Waals surface area contributed by atoms with E-state index >= 15 is 0 Å². The zero-order chi connectivity index (χ0) is 16.5. The topological polar surface area (TPSA) is 29.5 Å². The maximum atomic E-state index is 11.9. The van der Waals surface area contributed by atoms with E-state index < -0.39 is 0 Å². The number of hydrogen-bond acceptors (Lipinski definition) is 3. The summed E-state index contributed by atoms with van der Waals surface area (Å²) in [5.74, 6) is -0.263. The number of benzene rings is 2. The molecular weight excluding hydrogens is 286 g/mol. The molecule has 3 nitrogen and oxygen atoms in total. The van der Waals surface area contributed by atoms with Gasteiger partial charge in [-0.2, -0.15) is 0 Å². The van der Waals surface area contributed by atoms with Crippen LogP contribution in [0.1, 0.15) is 25.0 Å². The molecule has 0 saturated heterocycles. The molecule has 1 unspecified atom stereocenters. The first-order valence-corrected chi connectivity index (χ1v) is 8.16. The molecule has 0 aliphatic rings. The average molecular weight is 311 g/mol. The van der Waals surface area contributed by atoms with Crippen LogP contribution in [0.4, 0.5) is 0 Å². The lowest BCUT2D eigenvalue weighted by molar-refractivity contribution is -0.148. The summed E-state index contributed by atoms with van der Waals surface area (Å²) in [7, 11) is 0. The van der Waals surface area contributed by atoms with Crippen molar-refractivity contribution in [3.8, 4) is 0 Å². The maximum absolute atomic E-state index is 11.9. The molecule has 3 heteroatoms. The van der Waals surface area contributed by atoms with Gasteiger partial charge in [-0.25, -0.2) is 0 Å². The van der Waals surface area contributed by atoms with Crippen molar-refractivity contribution in [3.63, 3.8) is 0 Å². The van der Waals surface area contributed by atoms with E-state index in [9.17, 15) is 4.79 Å². The predicted octanol–water partition coefficient (Wildman–Crippen LogP) is 3.89. The summed E-state index contributed by atoms with van der Waals surface area (Å²) < 4.78 is 5.14. The lowest BCUT2D eigenvalue weighted by Crippen LogP contribution is -2.32. The zero-order valence-electron chi connectivity index (χ0n) is 13.9. The third-order valence-electron chi connectivity index (χ3n) is 3.72. The molecule has 1 atom stereocenters. The highest BCUT2D eigenvalue weighted by Crippen LogP contribution is 2.13. The molecule has 2 rings (SSSR count). The van der Waals surface area contributed by atoms with E-state index in [1.54, 1.807) is 0 Å². The highest BCUT2D eigenvalue weighted by Gasteiger charge is 2.18. The number of carbonyl (C=O) groups excluding carboxylic acids is 1. The van der Waals surface area contributed by atoms with Crippen molar-refractivity contribution in [3.05, 3.63) is 71.8 Å². The van der Waals surface area contributed by atoms with E-state index in [1.807, 2.05) is 50.2 Å². The summed E-state index contributed by atoms with van der Waals surface area (Å²) in [4.78, 5) is 14.2. The van der Waals surface area contributed by atoms with E-state index in [2.05, 4.69) is 29.2 Å². The van der Waals surface area contributed by atoms with Crippen molar-refractivity contribution in [2.45, 2.75) is 26.9 Å². The Balaban J connectivity index is 2.06. The minimum atomic E-state index is -0.137. The van der Waals surface area contributed by atoms with Crippen LogP contribution in [0.3, 0.4) is 0 Å². The van der Waals surface area contributed by atoms with Gasteiger partial charge in [-0.1, -0.05) is 67.6 Å². The van der Waals surface area contributed by atoms with Gasteiger partial charge in [-0.15, -0.1) is 0 Å². The number of ether oxygens (including phenoxy) is 1. The van der Waals surface area contributed by atoms with Gasteiger partial charge >= 0.3 is 5.97 Å². The molecule has 0 fully saturated rings. The number of hydrogen-bond donors (Lipinski definition) is 0. The summed E-state index contributed by atoms with van der Waals surface area (Å²) in [6.07, 6.45) is 0. The summed E-state index contributed by atoms with van der Waals surface area (Å²) in [5.41, 5.74) is 2.50. The third-order valence-corrected chi connectivity index (χ3v) is 3.72. The van der Waals surface area contributed by atoms with E-state index in [-0.39, 0.29) is 11.9 Å². The van der Waals surface area contributed by atoms with Crippen LogP contribution >= 0.6 is 0 Å². The normalized spacial score (nSPS) is 12.1. The van der Waals surface area contributed by atoms with Crippen LogP contribution in [0, 0.1) is 5.92 Å². The van der Waals surface area contributed by atoms with Crippen LogP contribution < -0.4 is 0 Å². The second-order valence-electron chi connectivity index (χ2n) is 5.79. The Labute approximate surface area is 138 Å². The summed E-state index contributed by atoms with van der Waals surface area (Å²) in [6.45, 7) is 6.53. The molecule has 0 heterocycles. The molecule has 2 aromatic rings. The molecule has 0 spiro atoms. The largest absolute Gasteiger partial charge is 0.466 e. The quantitative estimate of drug-likeness (QED) is 0.693. The molecular formula is C20H25NO2. The van der Waals surface area contributed by atoms with Crippen LogP contribution in [0.25, 0.3) is 0 Å². The fourth-order valence-corrected chi connectivity index (χ4v) is 2.61. The molecule has 0 N–H and O–H groups in total. The lowest BCUT2D eigenvalue weighted by Gasteiger charge is -2.25. The minimum absolute atomic E-state index is 0.126. The van der Waals surface area contributed by atoms with Crippen LogP contribution in [0.2, 0.25) is 0 Å². The SMILES string of the molecule is CCOC(=O)C(C)CN(Cc1ccccc1)Cc1ccccc1. The van der Waals surface area contributed by atoms with Gasteiger partial charge in [0, 0.05) is 19.6 Å². The first-order chi connectivity index (χ1) is 11.2. The Morgan fingerprint density at radius 2 is 1.43 bits per heavy atom. The Hall–Kier alpha value is -2.13. The van der Waals surface area contributed by atoms with E-state index in [0.717, 1.165) is 13.1 Å². The summed E-state index contributed by atoms with van der Waals surface area (Å²) in [5, 5.41) is 0.